The molecule has 0 spiro atoms. The van der Waals surface area contributed by atoms with Crippen LogP contribution in [0, 0.1) is 5.92 Å². The third kappa shape index (κ3) is 1.69. The van der Waals surface area contributed by atoms with Gasteiger partial charge in [0.15, 0.2) is 0 Å². The summed E-state index contributed by atoms with van der Waals surface area (Å²) in [6.45, 7) is 1.90. The van der Waals surface area contributed by atoms with Crippen molar-refractivity contribution in [3.8, 4) is 0 Å². The standard InChI is InChI=1S/C9H16N2O2/c12-9(13)8-6(3-5-11-8)7-2-1-4-10-7/h6-8,10-11H,1-5H2,(H,12,13). The van der Waals surface area contributed by atoms with Crippen LogP contribution in [0.3, 0.4) is 0 Å². The molecule has 2 saturated heterocycles. The SMILES string of the molecule is O=C(O)C1NCCC1C1CCCN1. The number of carboxylic acids is 1. The monoisotopic (exact) mass is 184 g/mol. The lowest BCUT2D eigenvalue weighted by atomic mass is 9.91. The van der Waals surface area contributed by atoms with Gasteiger partial charge in [0, 0.05) is 12.0 Å². The molecule has 2 fully saturated rings. The molecule has 0 aliphatic carbocycles. The predicted molar refractivity (Wildman–Crippen MR) is 48.6 cm³/mol. The first-order valence-electron chi connectivity index (χ1n) is 4.98. The van der Waals surface area contributed by atoms with Crippen molar-refractivity contribution in [3.63, 3.8) is 0 Å². The van der Waals surface area contributed by atoms with Gasteiger partial charge in [0.25, 0.3) is 0 Å². The molecule has 0 saturated carbocycles. The van der Waals surface area contributed by atoms with Crippen molar-refractivity contribution >= 4 is 5.97 Å². The molecule has 4 heteroatoms. The average Bonchev–Trinajstić information content (AvgIpc) is 2.74. The highest BCUT2D eigenvalue weighted by atomic mass is 16.4. The van der Waals surface area contributed by atoms with Crippen molar-refractivity contribution in [2.75, 3.05) is 13.1 Å². The van der Waals surface area contributed by atoms with Gasteiger partial charge in [0.1, 0.15) is 6.04 Å². The molecule has 3 N–H and O–H groups in total. The van der Waals surface area contributed by atoms with Crippen LogP contribution in [0.2, 0.25) is 0 Å². The summed E-state index contributed by atoms with van der Waals surface area (Å²) in [6.07, 6.45) is 3.32. The van der Waals surface area contributed by atoms with E-state index in [-0.39, 0.29) is 6.04 Å². The number of hydrogen-bond donors (Lipinski definition) is 3. The summed E-state index contributed by atoms with van der Waals surface area (Å²) in [6, 6.07) is 0.103. The molecular weight excluding hydrogens is 168 g/mol. The smallest absolute Gasteiger partial charge is 0.321 e. The molecule has 3 atom stereocenters. The summed E-state index contributed by atoms with van der Waals surface area (Å²) < 4.78 is 0. The summed E-state index contributed by atoms with van der Waals surface area (Å²) >= 11 is 0. The van der Waals surface area contributed by atoms with E-state index in [9.17, 15) is 4.79 Å². The summed E-state index contributed by atoms with van der Waals surface area (Å²) in [5.41, 5.74) is 0. The maximum Gasteiger partial charge on any atom is 0.321 e. The van der Waals surface area contributed by atoms with Gasteiger partial charge in [-0.1, -0.05) is 0 Å². The van der Waals surface area contributed by atoms with E-state index in [0.29, 0.717) is 12.0 Å². The summed E-state index contributed by atoms with van der Waals surface area (Å²) in [7, 11) is 0. The van der Waals surface area contributed by atoms with Crippen LogP contribution in [0.4, 0.5) is 0 Å². The van der Waals surface area contributed by atoms with Crippen molar-refractivity contribution in [1.29, 1.82) is 0 Å². The fraction of sp³-hybridized carbons (Fsp3) is 0.889. The molecule has 0 aromatic carbocycles. The largest absolute Gasteiger partial charge is 0.480 e. The molecule has 0 amide bonds. The minimum Gasteiger partial charge on any atom is -0.480 e. The van der Waals surface area contributed by atoms with Gasteiger partial charge in [-0.15, -0.1) is 0 Å². The van der Waals surface area contributed by atoms with Crippen molar-refractivity contribution in [3.05, 3.63) is 0 Å². The van der Waals surface area contributed by atoms with Crippen LogP contribution in [-0.4, -0.2) is 36.2 Å². The molecule has 4 nitrogen and oxygen atoms in total. The molecule has 0 aromatic heterocycles. The maximum atomic E-state index is 10.9. The highest BCUT2D eigenvalue weighted by molar-refractivity contribution is 5.74. The third-order valence-corrected chi connectivity index (χ3v) is 3.15. The zero-order chi connectivity index (χ0) is 9.26. The minimum atomic E-state index is -0.698. The van der Waals surface area contributed by atoms with Gasteiger partial charge in [-0.2, -0.15) is 0 Å². The first-order chi connectivity index (χ1) is 6.29. The number of rotatable bonds is 2. The fourth-order valence-corrected chi connectivity index (χ4v) is 2.50. The van der Waals surface area contributed by atoms with E-state index in [1.165, 1.54) is 6.42 Å². The van der Waals surface area contributed by atoms with Crippen molar-refractivity contribution < 1.29 is 9.90 Å². The summed E-state index contributed by atoms with van der Waals surface area (Å²) in [5, 5.41) is 15.4. The predicted octanol–water partition coefficient (Wildman–Crippen LogP) is -0.199. The lowest BCUT2D eigenvalue weighted by molar-refractivity contribution is -0.140. The lowest BCUT2D eigenvalue weighted by Crippen LogP contribution is -2.43. The first kappa shape index (κ1) is 8.97. The van der Waals surface area contributed by atoms with Crippen LogP contribution in [0.1, 0.15) is 19.3 Å². The number of aliphatic carboxylic acids is 1. The zero-order valence-electron chi connectivity index (χ0n) is 7.62. The molecule has 3 unspecified atom stereocenters. The van der Waals surface area contributed by atoms with Crippen LogP contribution in [0.5, 0.6) is 0 Å². The second-order valence-corrected chi connectivity index (χ2v) is 3.93. The Morgan fingerprint density at radius 3 is 2.69 bits per heavy atom. The van der Waals surface area contributed by atoms with Gasteiger partial charge in [-0.3, -0.25) is 4.79 Å². The minimum absolute atomic E-state index is 0.292. The van der Waals surface area contributed by atoms with Gasteiger partial charge in [-0.05, 0) is 32.4 Å². The van der Waals surface area contributed by atoms with E-state index in [2.05, 4.69) is 10.6 Å². The summed E-state index contributed by atoms with van der Waals surface area (Å²) in [5.74, 6) is -0.406. The Balaban J connectivity index is 2.00. The molecule has 2 aliphatic heterocycles. The van der Waals surface area contributed by atoms with E-state index < -0.39 is 5.97 Å². The highest BCUT2D eigenvalue weighted by Crippen LogP contribution is 2.25. The van der Waals surface area contributed by atoms with Crippen LogP contribution >= 0.6 is 0 Å². The number of carbonyl (C=O) groups is 1. The molecule has 13 heavy (non-hydrogen) atoms. The van der Waals surface area contributed by atoms with Gasteiger partial charge >= 0.3 is 5.97 Å². The molecule has 2 heterocycles. The molecule has 2 rings (SSSR count). The average molecular weight is 184 g/mol. The van der Waals surface area contributed by atoms with Crippen LogP contribution < -0.4 is 10.6 Å². The maximum absolute atomic E-state index is 10.9. The van der Waals surface area contributed by atoms with Gasteiger partial charge in [0.05, 0.1) is 0 Å². The van der Waals surface area contributed by atoms with Gasteiger partial charge < -0.3 is 15.7 Å². The normalized spacial score (nSPS) is 39.5. The zero-order valence-corrected chi connectivity index (χ0v) is 7.62. The van der Waals surface area contributed by atoms with Crippen LogP contribution in [0.25, 0.3) is 0 Å². The molecule has 74 valence electrons. The van der Waals surface area contributed by atoms with Crippen molar-refractivity contribution in [2.24, 2.45) is 5.92 Å². The van der Waals surface area contributed by atoms with Gasteiger partial charge in [-0.25, -0.2) is 0 Å². The van der Waals surface area contributed by atoms with Crippen molar-refractivity contribution in [2.45, 2.75) is 31.3 Å². The highest BCUT2D eigenvalue weighted by Gasteiger charge is 2.38. The van der Waals surface area contributed by atoms with E-state index in [1.807, 2.05) is 0 Å². The Kier molecular flexibility index (Phi) is 2.51. The molecule has 0 aromatic rings. The Labute approximate surface area is 77.7 Å². The van der Waals surface area contributed by atoms with Crippen LogP contribution in [-0.2, 0) is 4.79 Å². The first-order valence-corrected chi connectivity index (χ1v) is 4.98. The molecule has 0 bridgehead atoms. The quantitative estimate of drug-likeness (QED) is 0.556. The second kappa shape index (κ2) is 3.64. The lowest BCUT2D eigenvalue weighted by Gasteiger charge is -2.22. The van der Waals surface area contributed by atoms with E-state index in [4.69, 9.17) is 5.11 Å². The van der Waals surface area contributed by atoms with E-state index >= 15 is 0 Å². The number of carboxylic acid groups (broad SMARTS) is 1. The summed E-state index contributed by atoms with van der Waals surface area (Å²) in [4.78, 5) is 10.9. The molecule has 2 aliphatic rings. The third-order valence-electron chi connectivity index (χ3n) is 3.15. The fourth-order valence-electron chi connectivity index (χ4n) is 2.50. The van der Waals surface area contributed by atoms with E-state index in [0.717, 1.165) is 25.9 Å². The Morgan fingerprint density at radius 1 is 1.23 bits per heavy atom. The Morgan fingerprint density at radius 2 is 2.08 bits per heavy atom. The topological polar surface area (TPSA) is 61.4 Å². The molecular formula is C9H16N2O2. The number of nitrogens with one attached hydrogen (secondary N) is 2. The molecule has 0 radical (unpaired) electrons. The second-order valence-electron chi connectivity index (χ2n) is 3.93. The van der Waals surface area contributed by atoms with Gasteiger partial charge in [0.2, 0.25) is 0 Å². The van der Waals surface area contributed by atoms with Crippen LogP contribution in [0.15, 0.2) is 0 Å². The van der Waals surface area contributed by atoms with E-state index in [1.54, 1.807) is 0 Å². The Hall–Kier alpha value is -0.610. The van der Waals surface area contributed by atoms with Crippen molar-refractivity contribution in [1.82, 2.24) is 10.6 Å². The Bertz CT molecular complexity index is 202. The number of hydrogen-bond acceptors (Lipinski definition) is 3.